The number of halogens is 1. The molecule has 0 aliphatic heterocycles. The average molecular weight is 359 g/mol. The topological polar surface area (TPSA) is 90.7 Å². The lowest BCUT2D eigenvalue weighted by molar-refractivity contribution is -0.118. The number of thioether (sulfide) groups is 1. The van der Waals surface area contributed by atoms with Crippen molar-refractivity contribution >= 4 is 23.4 Å². The monoisotopic (exact) mass is 359 g/mol. The van der Waals surface area contributed by atoms with Crippen LogP contribution in [0.4, 0.5) is 10.1 Å². The molecule has 1 aromatic carbocycles. The minimum atomic E-state index is -0.568. The first-order valence-corrected chi connectivity index (χ1v) is 8.62. The molecule has 1 aromatic heterocycles. The second-order valence-electron chi connectivity index (χ2n) is 5.27. The molecule has 0 spiro atoms. The second kappa shape index (κ2) is 8.99. The van der Waals surface area contributed by atoms with Crippen LogP contribution in [-0.4, -0.2) is 34.7 Å². The summed E-state index contributed by atoms with van der Waals surface area (Å²) < 4.78 is 13.5. The number of carbonyl (C=O) groups is 1. The van der Waals surface area contributed by atoms with Crippen molar-refractivity contribution in [1.29, 1.82) is 5.26 Å². The predicted molar refractivity (Wildman–Crippen MR) is 94.8 cm³/mol. The van der Waals surface area contributed by atoms with Crippen LogP contribution in [0.3, 0.4) is 0 Å². The summed E-state index contributed by atoms with van der Waals surface area (Å²) in [4.78, 5) is 20.4. The molecule has 1 heterocycles. The van der Waals surface area contributed by atoms with Gasteiger partial charge in [0.05, 0.1) is 11.4 Å². The smallest absolute Gasteiger partial charge is 0.230 e. The zero-order valence-corrected chi connectivity index (χ0v) is 14.8. The van der Waals surface area contributed by atoms with Gasteiger partial charge in [-0.15, -0.1) is 0 Å². The normalized spacial score (nSPS) is 10.2. The third-order valence-corrected chi connectivity index (χ3v) is 4.03. The highest BCUT2D eigenvalue weighted by atomic mass is 32.2. The molecule has 1 amide bonds. The molecule has 0 saturated carbocycles. The van der Waals surface area contributed by atoms with E-state index < -0.39 is 5.82 Å². The molecule has 0 atom stereocenters. The van der Waals surface area contributed by atoms with Crippen LogP contribution in [-0.2, 0) is 4.79 Å². The van der Waals surface area contributed by atoms with Gasteiger partial charge in [0.25, 0.3) is 0 Å². The number of nitrogens with one attached hydrogen (secondary N) is 2. The number of hydrogen-bond donors (Lipinski definition) is 2. The fourth-order valence-electron chi connectivity index (χ4n) is 2.12. The maximum absolute atomic E-state index is 13.5. The van der Waals surface area contributed by atoms with Crippen molar-refractivity contribution in [3.8, 4) is 6.07 Å². The molecular formula is C17H18FN5OS. The molecule has 0 radical (unpaired) electrons. The van der Waals surface area contributed by atoms with E-state index in [2.05, 4.69) is 20.6 Å². The first-order valence-electron chi connectivity index (χ1n) is 7.64. The Morgan fingerprint density at radius 3 is 2.68 bits per heavy atom. The number of carbonyl (C=O) groups excluding carboxylic acids is 1. The number of hydrogen-bond acceptors (Lipinski definition) is 6. The Hall–Kier alpha value is -2.66. The Labute approximate surface area is 149 Å². The van der Waals surface area contributed by atoms with Crippen LogP contribution < -0.4 is 10.6 Å². The van der Waals surface area contributed by atoms with Crippen LogP contribution in [0.1, 0.15) is 17.0 Å². The summed E-state index contributed by atoms with van der Waals surface area (Å²) in [6, 6.07) is 8.07. The average Bonchev–Trinajstić information content (AvgIpc) is 2.56. The molecule has 0 bridgehead atoms. The van der Waals surface area contributed by atoms with Gasteiger partial charge in [-0.1, -0.05) is 17.8 Å². The Morgan fingerprint density at radius 2 is 2.00 bits per heavy atom. The van der Waals surface area contributed by atoms with Gasteiger partial charge in [-0.05, 0) is 32.0 Å². The van der Waals surface area contributed by atoms with E-state index in [4.69, 9.17) is 5.26 Å². The van der Waals surface area contributed by atoms with Gasteiger partial charge in [-0.25, -0.2) is 14.4 Å². The van der Waals surface area contributed by atoms with Crippen molar-refractivity contribution < 1.29 is 9.18 Å². The third-order valence-electron chi connectivity index (χ3n) is 3.18. The molecule has 25 heavy (non-hydrogen) atoms. The fraction of sp³-hybridized carbons (Fsp3) is 0.294. The van der Waals surface area contributed by atoms with E-state index in [1.54, 1.807) is 6.07 Å². The third kappa shape index (κ3) is 5.72. The highest BCUT2D eigenvalue weighted by molar-refractivity contribution is 7.99. The van der Waals surface area contributed by atoms with Gasteiger partial charge in [0.1, 0.15) is 17.4 Å². The molecule has 2 rings (SSSR count). The van der Waals surface area contributed by atoms with E-state index in [9.17, 15) is 9.18 Å². The van der Waals surface area contributed by atoms with Gasteiger partial charge < -0.3 is 10.6 Å². The maximum Gasteiger partial charge on any atom is 0.230 e. The van der Waals surface area contributed by atoms with Crippen LogP contribution in [0.2, 0.25) is 0 Å². The molecule has 0 aliphatic rings. The van der Waals surface area contributed by atoms with Gasteiger partial charge in [-0.3, -0.25) is 4.79 Å². The Balaban J connectivity index is 1.74. The van der Waals surface area contributed by atoms with Crippen LogP contribution in [0.25, 0.3) is 0 Å². The second-order valence-corrected chi connectivity index (χ2v) is 6.22. The molecule has 0 fully saturated rings. The lowest BCUT2D eigenvalue weighted by atomic mass is 10.2. The number of aryl methyl sites for hydroxylation is 2. The lowest BCUT2D eigenvalue weighted by Gasteiger charge is -2.09. The number of anilines is 1. The van der Waals surface area contributed by atoms with Crippen LogP contribution >= 0.6 is 11.8 Å². The summed E-state index contributed by atoms with van der Waals surface area (Å²) >= 11 is 1.27. The summed E-state index contributed by atoms with van der Waals surface area (Å²) in [7, 11) is 0. The largest absolute Gasteiger partial charge is 0.382 e. The molecule has 0 saturated heterocycles. The van der Waals surface area contributed by atoms with E-state index in [0.29, 0.717) is 23.9 Å². The molecular weight excluding hydrogens is 341 g/mol. The molecule has 0 aliphatic carbocycles. The van der Waals surface area contributed by atoms with Gasteiger partial charge in [-0.2, -0.15) is 5.26 Å². The Morgan fingerprint density at radius 1 is 1.28 bits per heavy atom. The summed E-state index contributed by atoms with van der Waals surface area (Å²) in [5.41, 5.74) is 2.11. The number of nitriles is 1. The summed E-state index contributed by atoms with van der Waals surface area (Å²) in [5, 5.41) is 15.2. The number of rotatable bonds is 7. The first kappa shape index (κ1) is 18.7. The molecule has 8 heteroatoms. The van der Waals surface area contributed by atoms with Crippen LogP contribution in [0.5, 0.6) is 0 Å². The van der Waals surface area contributed by atoms with Gasteiger partial charge >= 0.3 is 0 Å². The predicted octanol–water partition coefficient (Wildman–Crippen LogP) is 2.42. The van der Waals surface area contributed by atoms with Gasteiger partial charge in [0.15, 0.2) is 5.16 Å². The minimum absolute atomic E-state index is 0.0312. The zero-order valence-electron chi connectivity index (χ0n) is 14.0. The number of aromatic nitrogens is 2. The summed E-state index contributed by atoms with van der Waals surface area (Å²) in [6.07, 6.45) is 0. The molecule has 2 aromatic rings. The molecule has 2 N–H and O–H groups in total. The van der Waals surface area contributed by atoms with E-state index in [-0.39, 0.29) is 17.2 Å². The molecule has 130 valence electrons. The Kier molecular flexibility index (Phi) is 6.71. The maximum atomic E-state index is 13.5. The van der Waals surface area contributed by atoms with Crippen LogP contribution in [0.15, 0.2) is 29.4 Å². The number of amides is 1. The van der Waals surface area contributed by atoms with Gasteiger partial charge in [0, 0.05) is 24.5 Å². The van der Waals surface area contributed by atoms with Crippen molar-refractivity contribution in [2.45, 2.75) is 19.0 Å². The van der Waals surface area contributed by atoms with Gasteiger partial charge in [0.2, 0.25) is 5.91 Å². The first-order chi connectivity index (χ1) is 12.0. The zero-order chi connectivity index (χ0) is 18.2. The van der Waals surface area contributed by atoms with Crippen molar-refractivity contribution in [3.63, 3.8) is 0 Å². The lowest BCUT2D eigenvalue weighted by Crippen LogP contribution is -2.30. The minimum Gasteiger partial charge on any atom is -0.382 e. The standard InChI is InChI=1S/C17H18FN5OS/c1-11-8-12(2)23-17(22-11)25-10-16(24)21-7-6-20-15-5-3-4-14(18)13(15)9-19/h3-5,8,20H,6-7,10H2,1-2H3,(H,21,24). The highest BCUT2D eigenvalue weighted by Crippen LogP contribution is 2.17. The van der Waals surface area contributed by atoms with E-state index in [0.717, 1.165) is 11.4 Å². The SMILES string of the molecule is Cc1cc(C)nc(SCC(=O)NCCNc2cccc(F)c2C#N)n1. The fourth-order valence-corrected chi connectivity index (χ4v) is 2.90. The van der Waals surface area contributed by atoms with Crippen molar-refractivity contribution in [1.82, 2.24) is 15.3 Å². The molecule has 0 unspecified atom stereocenters. The molecule has 6 nitrogen and oxygen atoms in total. The van der Waals surface area contributed by atoms with E-state index in [1.807, 2.05) is 26.0 Å². The van der Waals surface area contributed by atoms with E-state index >= 15 is 0 Å². The number of benzene rings is 1. The van der Waals surface area contributed by atoms with E-state index in [1.165, 1.54) is 23.9 Å². The van der Waals surface area contributed by atoms with Crippen molar-refractivity contribution in [3.05, 3.63) is 47.0 Å². The van der Waals surface area contributed by atoms with Crippen molar-refractivity contribution in [2.75, 3.05) is 24.2 Å². The van der Waals surface area contributed by atoms with Crippen molar-refractivity contribution in [2.24, 2.45) is 0 Å². The summed E-state index contributed by atoms with van der Waals surface area (Å²) in [5.74, 6) is -0.498. The van der Waals surface area contributed by atoms with Crippen LogP contribution in [0, 0.1) is 31.0 Å². The summed E-state index contributed by atoms with van der Waals surface area (Å²) in [6.45, 7) is 4.50. The Bertz CT molecular complexity index is 786. The highest BCUT2D eigenvalue weighted by Gasteiger charge is 2.08. The number of nitrogens with zero attached hydrogens (tertiary/aromatic N) is 3. The quantitative estimate of drug-likeness (QED) is 0.448.